The largest absolute Gasteiger partial charge is 0.510 e. The number of fused-ring (bicyclic) bond motifs is 1. The van der Waals surface area contributed by atoms with E-state index >= 15 is 0 Å². The van der Waals surface area contributed by atoms with Crippen LogP contribution in [-0.4, -0.2) is 27.3 Å². The second-order valence-electron chi connectivity index (χ2n) is 4.14. The van der Waals surface area contributed by atoms with Crippen LogP contribution in [0.15, 0.2) is 52.2 Å². The maximum atomic E-state index is 11.2. The molecule has 0 aliphatic carbocycles. The number of amides is 1. The highest BCUT2D eigenvalue weighted by atomic mass is 32.2. The second-order valence-corrected chi connectivity index (χ2v) is 5.21. The van der Waals surface area contributed by atoms with Crippen molar-refractivity contribution in [2.45, 2.75) is 11.8 Å². The summed E-state index contributed by atoms with van der Waals surface area (Å²) in [6.07, 6.45) is 1.18. The van der Waals surface area contributed by atoms with Crippen molar-refractivity contribution < 1.29 is 9.90 Å². The number of carbonyl (C=O) groups is 1. The van der Waals surface area contributed by atoms with Crippen LogP contribution in [0.3, 0.4) is 0 Å². The summed E-state index contributed by atoms with van der Waals surface area (Å²) >= 11 is 1.34. The molecule has 6 heteroatoms. The highest BCUT2D eigenvalue weighted by Crippen LogP contribution is 2.29. The Bertz CT molecular complexity index is 608. The first-order chi connectivity index (χ1) is 9.22. The monoisotopic (exact) mass is 273 g/mol. The first-order valence-electron chi connectivity index (χ1n) is 5.77. The zero-order chi connectivity index (χ0) is 13.2. The lowest BCUT2D eigenvalue weighted by atomic mass is 10.2. The van der Waals surface area contributed by atoms with Crippen LogP contribution in [0.1, 0.15) is 5.56 Å². The Morgan fingerprint density at radius 2 is 2.16 bits per heavy atom. The van der Waals surface area contributed by atoms with Gasteiger partial charge in [0.15, 0.2) is 5.17 Å². The molecule has 2 aliphatic heterocycles. The maximum absolute atomic E-state index is 11.2. The van der Waals surface area contributed by atoms with Crippen molar-refractivity contribution in [1.29, 1.82) is 0 Å². The van der Waals surface area contributed by atoms with E-state index < -0.39 is 0 Å². The fourth-order valence-electron chi connectivity index (χ4n) is 1.83. The van der Waals surface area contributed by atoms with Crippen LogP contribution >= 0.6 is 11.8 Å². The Kier molecular flexibility index (Phi) is 3.08. The average Bonchev–Trinajstić information content (AvgIpc) is 2.81. The minimum Gasteiger partial charge on any atom is -0.510 e. The molecular weight excluding hydrogens is 262 g/mol. The van der Waals surface area contributed by atoms with Gasteiger partial charge in [0.1, 0.15) is 16.8 Å². The number of amidine groups is 2. The Morgan fingerprint density at radius 3 is 2.95 bits per heavy atom. The van der Waals surface area contributed by atoms with Crippen molar-refractivity contribution in [3.8, 4) is 0 Å². The molecular formula is C13H11N3O2S. The van der Waals surface area contributed by atoms with Crippen LogP contribution in [0, 0.1) is 0 Å². The molecule has 2 heterocycles. The van der Waals surface area contributed by atoms with Gasteiger partial charge in [0.05, 0.1) is 6.54 Å². The van der Waals surface area contributed by atoms with Gasteiger partial charge in [0.2, 0.25) is 0 Å². The van der Waals surface area contributed by atoms with Crippen LogP contribution in [0.2, 0.25) is 0 Å². The van der Waals surface area contributed by atoms with Crippen LogP contribution in [0.4, 0.5) is 0 Å². The van der Waals surface area contributed by atoms with E-state index in [2.05, 4.69) is 15.3 Å². The van der Waals surface area contributed by atoms with E-state index in [0.717, 1.165) is 5.56 Å². The Morgan fingerprint density at radius 1 is 1.37 bits per heavy atom. The molecule has 2 N–H and O–H groups in total. The lowest BCUT2D eigenvalue weighted by Crippen LogP contribution is -2.40. The lowest BCUT2D eigenvalue weighted by molar-refractivity contribution is -0.115. The second kappa shape index (κ2) is 4.89. The van der Waals surface area contributed by atoms with Gasteiger partial charge in [0.25, 0.3) is 5.91 Å². The minimum absolute atomic E-state index is 0.0254. The number of aliphatic hydroxyl groups is 1. The van der Waals surface area contributed by atoms with Crippen molar-refractivity contribution >= 4 is 28.7 Å². The zero-order valence-corrected chi connectivity index (χ0v) is 10.7. The highest BCUT2D eigenvalue weighted by Gasteiger charge is 2.34. The average molecular weight is 273 g/mol. The fourth-order valence-corrected chi connectivity index (χ4v) is 2.74. The summed E-state index contributed by atoms with van der Waals surface area (Å²) in [4.78, 5) is 19.8. The number of carbonyl (C=O) groups excluding carboxylic acids is 1. The summed E-state index contributed by atoms with van der Waals surface area (Å²) in [7, 11) is 0. The summed E-state index contributed by atoms with van der Waals surface area (Å²) in [5.41, 5.74) is 1.09. The van der Waals surface area contributed by atoms with Gasteiger partial charge in [-0.2, -0.15) is 0 Å². The third-order valence-corrected chi connectivity index (χ3v) is 3.86. The molecule has 5 nitrogen and oxygen atoms in total. The van der Waals surface area contributed by atoms with E-state index in [-0.39, 0.29) is 16.9 Å². The number of benzene rings is 1. The Labute approximate surface area is 114 Å². The molecule has 0 fully saturated rings. The third-order valence-electron chi connectivity index (χ3n) is 2.73. The van der Waals surface area contributed by atoms with Gasteiger partial charge in [-0.05, 0) is 5.56 Å². The van der Waals surface area contributed by atoms with E-state index in [1.807, 2.05) is 30.3 Å². The first-order valence-corrected chi connectivity index (χ1v) is 6.65. The minimum atomic E-state index is -0.350. The first kappa shape index (κ1) is 12.0. The number of nitrogens with one attached hydrogen (secondary N) is 1. The van der Waals surface area contributed by atoms with Gasteiger partial charge in [-0.25, -0.2) is 4.99 Å². The lowest BCUT2D eigenvalue weighted by Gasteiger charge is -2.15. The molecule has 1 atom stereocenters. The Balaban J connectivity index is 1.76. The Hall–Kier alpha value is -2.08. The van der Waals surface area contributed by atoms with Crippen molar-refractivity contribution in [2.24, 2.45) is 9.98 Å². The smallest absolute Gasteiger partial charge is 0.252 e. The number of hydrogen-bond donors (Lipinski definition) is 2. The molecule has 3 rings (SSSR count). The van der Waals surface area contributed by atoms with E-state index in [0.29, 0.717) is 17.5 Å². The molecule has 0 aromatic heterocycles. The van der Waals surface area contributed by atoms with Crippen molar-refractivity contribution in [3.05, 3.63) is 47.7 Å². The molecule has 0 spiro atoms. The van der Waals surface area contributed by atoms with E-state index in [9.17, 15) is 9.90 Å². The molecule has 19 heavy (non-hydrogen) atoms. The maximum Gasteiger partial charge on any atom is 0.252 e. The van der Waals surface area contributed by atoms with E-state index in [4.69, 9.17) is 0 Å². The van der Waals surface area contributed by atoms with Crippen LogP contribution in [-0.2, 0) is 11.3 Å². The van der Waals surface area contributed by atoms with Gasteiger partial charge in [-0.1, -0.05) is 42.1 Å². The normalized spacial score (nSPS) is 23.7. The number of hydrogen-bond acceptors (Lipinski definition) is 4. The fraction of sp³-hybridized carbons (Fsp3) is 0.154. The molecule has 0 saturated carbocycles. The van der Waals surface area contributed by atoms with Gasteiger partial charge < -0.3 is 10.4 Å². The van der Waals surface area contributed by atoms with Gasteiger partial charge in [0, 0.05) is 6.08 Å². The predicted molar refractivity (Wildman–Crippen MR) is 75.2 cm³/mol. The molecule has 2 aliphatic rings. The SMILES string of the molecule is O=C1C=C(O)C2SC(=NCc3ccccc3)N=C2N1. The quantitative estimate of drug-likeness (QED) is 0.860. The van der Waals surface area contributed by atoms with Crippen molar-refractivity contribution in [2.75, 3.05) is 0 Å². The van der Waals surface area contributed by atoms with Crippen LogP contribution in [0.25, 0.3) is 0 Å². The molecule has 1 amide bonds. The number of rotatable bonds is 2. The highest BCUT2D eigenvalue weighted by molar-refractivity contribution is 8.15. The zero-order valence-electron chi connectivity index (χ0n) is 9.91. The van der Waals surface area contributed by atoms with Crippen molar-refractivity contribution in [1.82, 2.24) is 5.32 Å². The summed E-state index contributed by atoms with van der Waals surface area (Å²) < 4.78 is 0. The molecule has 96 valence electrons. The van der Waals surface area contributed by atoms with E-state index in [1.54, 1.807) is 0 Å². The summed E-state index contributed by atoms with van der Waals surface area (Å²) in [6.45, 7) is 0.533. The van der Waals surface area contributed by atoms with Gasteiger partial charge in [-0.15, -0.1) is 0 Å². The number of aliphatic hydroxyl groups excluding tert-OH is 1. The van der Waals surface area contributed by atoms with Crippen LogP contribution < -0.4 is 5.32 Å². The molecule has 1 unspecified atom stereocenters. The number of thioether (sulfide) groups is 1. The summed E-state index contributed by atoms with van der Waals surface area (Å²) in [5, 5.41) is 12.6. The van der Waals surface area contributed by atoms with E-state index in [1.165, 1.54) is 17.8 Å². The summed E-state index contributed by atoms with van der Waals surface area (Å²) in [6, 6.07) is 9.84. The topological polar surface area (TPSA) is 74.0 Å². The van der Waals surface area contributed by atoms with Gasteiger partial charge in [-0.3, -0.25) is 9.79 Å². The molecule has 0 saturated heterocycles. The number of nitrogens with zero attached hydrogens (tertiary/aromatic N) is 2. The summed E-state index contributed by atoms with van der Waals surface area (Å²) in [5.74, 6) is 0.136. The van der Waals surface area contributed by atoms with Gasteiger partial charge >= 0.3 is 0 Å². The third kappa shape index (κ3) is 2.53. The molecule has 1 aromatic rings. The molecule has 1 aromatic carbocycles. The standard InChI is InChI=1S/C13H11N3O2S/c17-9-6-10(18)15-12-11(9)19-13(16-12)14-7-8-4-2-1-3-5-8/h1-6,11,17H,7H2,(H,14,15,16,18). The predicted octanol–water partition coefficient (Wildman–Crippen LogP) is 1.63. The molecule has 0 bridgehead atoms. The van der Waals surface area contributed by atoms with Crippen molar-refractivity contribution in [3.63, 3.8) is 0 Å². The number of aliphatic imine (C=N–C) groups is 2. The molecule has 0 radical (unpaired) electrons. The van der Waals surface area contributed by atoms with Crippen LogP contribution in [0.5, 0.6) is 0 Å².